The van der Waals surface area contributed by atoms with Crippen LogP contribution < -0.4 is 10.1 Å². The lowest BCUT2D eigenvalue weighted by Crippen LogP contribution is -2.46. The molecule has 0 aromatic heterocycles. The molecular weight excluding hydrogens is 356 g/mol. The maximum atomic E-state index is 13.0. The molecule has 0 saturated heterocycles. The van der Waals surface area contributed by atoms with Gasteiger partial charge in [-0.15, -0.1) is 0 Å². The molecule has 2 aromatic carbocycles. The Labute approximate surface area is 165 Å². The first-order valence-electron chi connectivity index (χ1n) is 9.37. The Balaban J connectivity index is 1.86. The van der Waals surface area contributed by atoms with Crippen molar-refractivity contribution >= 4 is 17.7 Å². The monoisotopic (exact) mass is 382 g/mol. The van der Waals surface area contributed by atoms with E-state index >= 15 is 0 Å². The summed E-state index contributed by atoms with van der Waals surface area (Å²) in [6, 6.07) is 12.6. The molecule has 0 bridgehead atoms. The molecule has 3 rings (SSSR count). The summed E-state index contributed by atoms with van der Waals surface area (Å²) in [6.07, 6.45) is 0. The number of rotatable bonds is 3. The number of ether oxygens (including phenoxy) is 2. The Bertz CT molecular complexity index is 861. The smallest absolute Gasteiger partial charge is 0.337 e. The van der Waals surface area contributed by atoms with E-state index in [2.05, 4.69) is 19.2 Å². The number of urea groups is 1. The summed E-state index contributed by atoms with van der Waals surface area (Å²) < 4.78 is 10.8. The molecule has 6 heteroatoms. The highest BCUT2D eigenvalue weighted by atomic mass is 16.5. The summed E-state index contributed by atoms with van der Waals surface area (Å²) in [5, 5.41) is 2.98. The standard InChI is InChI=1S/C22H26N2O4/c1-14(2)19-13-28-20-11-16(21(25)27-4)7-8-17(20)12-24(19)22(26)23-18-9-5-15(3)6-10-18/h5-11,14,19H,12-13H2,1-4H3,(H,23,26)/t19-/m1/s1. The first-order chi connectivity index (χ1) is 13.4. The molecule has 6 nitrogen and oxygen atoms in total. The minimum atomic E-state index is -0.412. The fraction of sp³-hybridized carbons (Fsp3) is 0.364. The highest BCUT2D eigenvalue weighted by Gasteiger charge is 2.31. The van der Waals surface area contributed by atoms with E-state index in [9.17, 15) is 9.59 Å². The van der Waals surface area contributed by atoms with E-state index in [1.165, 1.54) is 7.11 Å². The van der Waals surface area contributed by atoms with Crippen molar-refractivity contribution in [3.05, 3.63) is 59.2 Å². The molecule has 1 aliphatic heterocycles. The molecule has 0 aliphatic carbocycles. The normalized spacial score (nSPS) is 16.0. The highest BCUT2D eigenvalue weighted by molar-refractivity contribution is 5.91. The number of nitrogens with one attached hydrogen (secondary N) is 1. The van der Waals surface area contributed by atoms with E-state index in [1.807, 2.05) is 37.3 Å². The van der Waals surface area contributed by atoms with E-state index < -0.39 is 5.97 Å². The number of methoxy groups -OCH3 is 1. The van der Waals surface area contributed by atoms with Crippen molar-refractivity contribution in [3.8, 4) is 5.75 Å². The van der Waals surface area contributed by atoms with Crippen molar-refractivity contribution in [3.63, 3.8) is 0 Å². The van der Waals surface area contributed by atoms with Crippen LogP contribution in [0.4, 0.5) is 10.5 Å². The molecule has 1 N–H and O–H groups in total. The van der Waals surface area contributed by atoms with E-state index in [-0.39, 0.29) is 18.0 Å². The van der Waals surface area contributed by atoms with E-state index in [0.29, 0.717) is 24.5 Å². The minimum absolute atomic E-state index is 0.0978. The van der Waals surface area contributed by atoms with Crippen LogP contribution in [0, 0.1) is 12.8 Å². The van der Waals surface area contributed by atoms with Gasteiger partial charge in [0.1, 0.15) is 12.4 Å². The summed E-state index contributed by atoms with van der Waals surface area (Å²) in [5.41, 5.74) is 3.18. The molecule has 1 aliphatic rings. The molecule has 0 fully saturated rings. The van der Waals surface area contributed by atoms with Gasteiger partial charge >= 0.3 is 12.0 Å². The summed E-state index contributed by atoms with van der Waals surface area (Å²) >= 11 is 0. The number of esters is 1. The van der Waals surface area contributed by atoms with Gasteiger partial charge in [-0.3, -0.25) is 0 Å². The zero-order valence-electron chi connectivity index (χ0n) is 16.7. The lowest BCUT2D eigenvalue weighted by molar-refractivity contribution is 0.0600. The third-order valence-corrected chi connectivity index (χ3v) is 4.97. The van der Waals surface area contributed by atoms with Gasteiger partial charge in [-0.2, -0.15) is 0 Å². The van der Waals surface area contributed by atoms with Gasteiger partial charge in [-0.25, -0.2) is 9.59 Å². The number of anilines is 1. The highest BCUT2D eigenvalue weighted by Crippen LogP contribution is 2.29. The molecule has 0 radical (unpaired) electrons. The zero-order chi connectivity index (χ0) is 20.3. The van der Waals surface area contributed by atoms with Crippen molar-refractivity contribution in [2.75, 3.05) is 19.0 Å². The lowest BCUT2D eigenvalue weighted by atomic mass is 10.0. The van der Waals surface area contributed by atoms with E-state index in [1.54, 1.807) is 17.0 Å². The third kappa shape index (κ3) is 4.27. The number of carbonyl (C=O) groups is 2. The molecule has 2 amide bonds. The summed E-state index contributed by atoms with van der Waals surface area (Å²) in [5.74, 6) is 0.405. The lowest BCUT2D eigenvalue weighted by Gasteiger charge is -2.32. The average molecular weight is 382 g/mol. The third-order valence-electron chi connectivity index (χ3n) is 4.97. The van der Waals surface area contributed by atoms with Crippen LogP contribution in [0.15, 0.2) is 42.5 Å². The summed E-state index contributed by atoms with van der Waals surface area (Å²) in [4.78, 5) is 26.6. The predicted molar refractivity (Wildman–Crippen MR) is 108 cm³/mol. The largest absolute Gasteiger partial charge is 0.491 e. The van der Waals surface area contributed by atoms with Crippen LogP contribution in [-0.2, 0) is 11.3 Å². The number of carbonyl (C=O) groups excluding carboxylic acids is 2. The quantitative estimate of drug-likeness (QED) is 0.807. The van der Waals surface area contributed by atoms with Gasteiger partial charge in [-0.05, 0) is 37.1 Å². The number of hydrogen-bond donors (Lipinski definition) is 1. The van der Waals surface area contributed by atoms with Crippen molar-refractivity contribution in [1.82, 2.24) is 4.90 Å². The minimum Gasteiger partial charge on any atom is -0.491 e. The van der Waals surface area contributed by atoms with Gasteiger partial charge in [0.05, 0.1) is 25.3 Å². The maximum Gasteiger partial charge on any atom is 0.337 e. The molecular formula is C22H26N2O4. The van der Waals surface area contributed by atoms with Crippen molar-refractivity contribution in [2.24, 2.45) is 5.92 Å². The zero-order valence-corrected chi connectivity index (χ0v) is 16.7. The second-order valence-corrected chi connectivity index (χ2v) is 7.36. The van der Waals surface area contributed by atoms with Crippen LogP contribution >= 0.6 is 0 Å². The summed E-state index contributed by atoms with van der Waals surface area (Å²) in [6.45, 7) is 6.89. The second kappa shape index (κ2) is 8.33. The molecule has 2 aromatic rings. The van der Waals surface area contributed by atoms with E-state index in [4.69, 9.17) is 9.47 Å². The fourth-order valence-electron chi connectivity index (χ4n) is 3.24. The molecule has 0 saturated carbocycles. The predicted octanol–water partition coefficient (Wildman–Crippen LogP) is 4.23. The molecule has 0 unspecified atom stereocenters. The van der Waals surface area contributed by atoms with Crippen molar-refractivity contribution in [2.45, 2.75) is 33.4 Å². The number of aryl methyl sites for hydroxylation is 1. The van der Waals surface area contributed by atoms with Crippen LogP contribution in [0.2, 0.25) is 0 Å². The van der Waals surface area contributed by atoms with Gasteiger partial charge in [0, 0.05) is 11.3 Å². The van der Waals surface area contributed by atoms with Crippen LogP contribution in [0.1, 0.15) is 35.3 Å². The summed E-state index contributed by atoms with van der Waals surface area (Å²) in [7, 11) is 1.35. The first kappa shape index (κ1) is 19.7. The fourth-order valence-corrected chi connectivity index (χ4v) is 3.24. The molecule has 1 heterocycles. The Morgan fingerprint density at radius 1 is 1.18 bits per heavy atom. The SMILES string of the molecule is COC(=O)c1ccc2c(c1)OC[C@H](C(C)C)N(C(=O)Nc1ccc(C)cc1)C2. The maximum absolute atomic E-state index is 13.0. The van der Waals surface area contributed by atoms with Crippen LogP contribution in [0.25, 0.3) is 0 Å². The van der Waals surface area contributed by atoms with Crippen LogP contribution in [0.3, 0.4) is 0 Å². The van der Waals surface area contributed by atoms with Crippen LogP contribution in [-0.4, -0.2) is 36.7 Å². The number of fused-ring (bicyclic) bond motifs is 1. The first-order valence-corrected chi connectivity index (χ1v) is 9.37. The van der Waals surface area contributed by atoms with Gasteiger partial charge in [0.15, 0.2) is 0 Å². The second-order valence-electron chi connectivity index (χ2n) is 7.36. The Hall–Kier alpha value is -3.02. The average Bonchev–Trinajstić information content (AvgIpc) is 2.88. The van der Waals surface area contributed by atoms with E-state index in [0.717, 1.165) is 16.8 Å². The molecule has 28 heavy (non-hydrogen) atoms. The Kier molecular flexibility index (Phi) is 5.87. The number of nitrogens with zero attached hydrogens (tertiary/aromatic N) is 1. The van der Waals surface area contributed by atoms with Gasteiger partial charge in [0.25, 0.3) is 0 Å². The number of benzene rings is 2. The van der Waals surface area contributed by atoms with Crippen LogP contribution in [0.5, 0.6) is 5.75 Å². The van der Waals surface area contributed by atoms with Gasteiger partial charge in [-0.1, -0.05) is 37.6 Å². The van der Waals surface area contributed by atoms with Gasteiger partial charge in [0.2, 0.25) is 0 Å². The Morgan fingerprint density at radius 3 is 2.54 bits per heavy atom. The topological polar surface area (TPSA) is 67.9 Å². The Morgan fingerprint density at radius 2 is 1.89 bits per heavy atom. The number of amides is 2. The van der Waals surface area contributed by atoms with Crippen molar-refractivity contribution < 1.29 is 19.1 Å². The van der Waals surface area contributed by atoms with Crippen molar-refractivity contribution in [1.29, 1.82) is 0 Å². The number of hydrogen-bond acceptors (Lipinski definition) is 4. The van der Waals surface area contributed by atoms with Gasteiger partial charge < -0.3 is 19.7 Å². The molecule has 148 valence electrons. The molecule has 1 atom stereocenters. The molecule has 0 spiro atoms.